The Morgan fingerprint density at radius 3 is 2.68 bits per heavy atom. The molecule has 1 heterocycles. The molecule has 1 amide bonds. The number of nitro groups is 1. The molecule has 0 saturated carbocycles. The van der Waals surface area contributed by atoms with Gasteiger partial charge in [-0.1, -0.05) is 23.5 Å². The van der Waals surface area contributed by atoms with E-state index in [2.05, 4.69) is 4.98 Å². The smallest absolute Gasteiger partial charge is 0.282 e. The van der Waals surface area contributed by atoms with Gasteiger partial charge in [0, 0.05) is 12.6 Å². The van der Waals surface area contributed by atoms with Crippen molar-refractivity contribution in [2.75, 3.05) is 32.1 Å². The lowest BCUT2D eigenvalue weighted by Crippen LogP contribution is -2.33. The molecule has 3 aromatic rings. The molecule has 0 aliphatic carbocycles. The zero-order valence-corrected chi connectivity index (χ0v) is 16.3. The molecule has 0 N–H and O–H groups in total. The van der Waals surface area contributed by atoms with E-state index in [-0.39, 0.29) is 17.1 Å². The molecule has 0 bridgehead atoms. The van der Waals surface area contributed by atoms with Gasteiger partial charge in [-0.2, -0.15) is 0 Å². The summed E-state index contributed by atoms with van der Waals surface area (Å²) in [7, 11) is 3.85. The van der Waals surface area contributed by atoms with Gasteiger partial charge in [0.1, 0.15) is 11.4 Å². The van der Waals surface area contributed by atoms with Crippen LogP contribution in [0.1, 0.15) is 16.8 Å². The van der Waals surface area contributed by atoms with Gasteiger partial charge in [-0.3, -0.25) is 19.8 Å². The maximum atomic E-state index is 13.5. The summed E-state index contributed by atoms with van der Waals surface area (Å²) < 4.78 is 14.1. The first-order valence-corrected chi connectivity index (χ1v) is 9.44. The van der Waals surface area contributed by atoms with Crippen molar-refractivity contribution in [1.82, 2.24) is 9.88 Å². The van der Waals surface area contributed by atoms with Crippen LogP contribution < -0.4 is 4.90 Å². The zero-order valence-electron chi connectivity index (χ0n) is 15.5. The van der Waals surface area contributed by atoms with Crippen LogP contribution in [0.25, 0.3) is 10.2 Å². The van der Waals surface area contributed by atoms with Crippen molar-refractivity contribution in [1.29, 1.82) is 0 Å². The number of hydrogen-bond acceptors (Lipinski definition) is 6. The van der Waals surface area contributed by atoms with Gasteiger partial charge in [0.2, 0.25) is 0 Å². The lowest BCUT2D eigenvalue weighted by molar-refractivity contribution is -0.385. The highest BCUT2D eigenvalue weighted by Gasteiger charge is 2.27. The van der Waals surface area contributed by atoms with Crippen LogP contribution in [0.2, 0.25) is 0 Å². The number of nitro benzene ring substituents is 1. The number of anilines is 1. The minimum Gasteiger partial charge on any atom is -0.309 e. The lowest BCUT2D eigenvalue weighted by atomic mass is 10.1. The molecule has 0 spiro atoms. The normalized spacial score (nSPS) is 11.1. The van der Waals surface area contributed by atoms with Gasteiger partial charge < -0.3 is 4.90 Å². The number of nitrogens with zero attached hydrogens (tertiary/aromatic N) is 4. The van der Waals surface area contributed by atoms with Gasteiger partial charge in [-0.25, -0.2) is 9.37 Å². The summed E-state index contributed by atoms with van der Waals surface area (Å²) in [4.78, 5) is 31.8. The topological polar surface area (TPSA) is 79.6 Å². The predicted molar refractivity (Wildman–Crippen MR) is 108 cm³/mol. The molecule has 0 radical (unpaired) electrons. The van der Waals surface area contributed by atoms with Crippen molar-refractivity contribution in [2.24, 2.45) is 0 Å². The molecule has 1 aromatic heterocycles. The van der Waals surface area contributed by atoms with E-state index in [1.165, 1.54) is 46.6 Å². The maximum absolute atomic E-state index is 13.5. The Bertz CT molecular complexity index is 1020. The number of hydrogen-bond donors (Lipinski definition) is 0. The summed E-state index contributed by atoms with van der Waals surface area (Å²) >= 11 is 1.19. The average molecular weight is 402 g/mol. The molecule has 28 heavy (non-hydrogen) atoms. The molecule has 0 fully saturated rings. The van der Waals surface area contributed by atoms with E-state index >= 15 is 0 Å². The fourth-order valence-electron chi connectivity index (χ4n) is 2.79. The number of para-hydroxylation sites is 1. The second-order valence-electron chi connectivity index (χ2n) is 6.50. The summed E-state index contributed by atoms with van der Waals surface area (Å²) in [5.41, 5.74) is 0.328. The lowest BCUT2D eigenvalue weighted by Gasteiger charge is -2.21. The Hall–Kier alpha value is -2.91. The summed E-state index contributed by atoms with van der Waals surface area (Å²) in [6.07, 6.45) is 0.656. The molecule has 0 saturated heterocycles. The van der Waals surface area contributed by atoms with Gasteiger partial charge in [0.05, 0.1) is 15.1 Å². The molecule has 7 nitrogen and oxygen atoms in total. The Labute approximate surface area is 165 Å². The van der Waals surface area contributed by atoms with E-state index in [0.29, 0.717) is 28.3 Å². The summed E-state index contributed by atoms with van der Waals surface area (Å²) in [6, 6.07) is 10.1. The van der Waals surface area contributed by atoms with Gasteiger partial charge in [-0.15, -0.1) is 0 Å². The van der Waals surface area contributed by atoms with Gasteiger partial charge in [-0.05, 0) is 51.3 Å². The molecule has 0 atom stereocenters. The van der Waals surface area contributed by atoms with Crippen LogP contribution in [0.5, 0.6) is 0 Å². The Kier molecular flexibility index (Phi) is 5.96. The van der Waals surface area contributed by atoms with Crippen LogP contribution in [0, 0.1) is 15.9 Å². The zero-order chi connectivity index (χ0) is 20.3. The van der Waals surface area contributed by atoms with Crippen molar-refractivity contribution >= 4 is 38.3 Å². The maximum Gasteiger partial charge on any atom is 0.282 e. The molecule has 0 aliphatic rings. The van der Waals surface area contributed by atoms with Crippen molar-refractivity contribution in [3.8, 4) is 0 Å². The first kappa shape index (κ1) is 19.8. The first-order chi connectivity index (χ1) is 13.4. The van der Waals surface area contributed by atoms with Crippen LogP contribution in [-0.4, -0.2) is 47.9 Å². The number of carbonyl (C=O) groups excluding carboxylic acids is 1. The highest BCUT2D eigenvalue weighted by atomic mass is 32.1. The third kappa shape index (κ3) is 4.32. The van der Waals surface area contributed by atoms with Crippen molar-refractivity contribution in [2.45, 2.75) is 6.42 Å². The number of amides is 1. The van der Waals surface area contributed by atoms with E-state index in [1.807, 2.05) is 19.0 Å². The number of benzene rings is 2. The van der Waals surface area contributed by atoms with Crippen LogP contribution in [0.4, 0.5) is 15.2 Å². The largest absolute Gasteiger partial charge is 0.309 e. The van der Waals surface area contributed by atoms with Gasteiger partial charge in [0.25, 0.3) is 11.6 Å². The molecular weight excluding hydrogens is 383 g/mol. The molecule has 9 heteroatoms. The van der Waals surface area contributed by atoms with Gasteiger partial charge >= 0.3 is 0 Å². The quantitative estimate of drug-likeness (QED) is 0.442. The van der Waals surface area contributed by atoms with E-state index in [0.717, 1.165) is 6.54 Å². The summed E-state index contributed by atoms with van der Waals surface area (Å²) in [6.45, 7) is 1.07. The minimum absolute atomic E-state index is 0.00258. The third-order valence-corrected chi connectivity index (χ3v) is 5.17. The molecule has 3 rings (SSSR count). The molecule has 146 valence electrons. The van der Waals surface area contributed by atoms with Crippen LogP contribution in [0.3, 0.4) is 0 Å². The number of aromatic nitrogens is 1. The molecule has 0 unspecified atom stereocenters. The SMILES string of the molecule is CN(C)CCCN(C(=O)c1ccccc1[N+](=O)[O-])c1nc2ccc(F)cc2s1. The van der Waals surface area contributed by atoms with Crippen LogP contribution in [0.15, 0.2) is 42.5 Å². The summed E-state index contributed by atoms with van der Waals surface area (Å²) in [5.74, 6) is -0.877. The molecule has 0 aliphatic heterocycles. The standard InChI is InChI=1S/C19H19FN4O3S/c1-22(2)10-5-11-23(18(25)14-6-3-4-7-16(14)24(26)27)19-21-15-9-8-13(20)12-17(15)28-19/h3-4,6-9,12H,5,10-11H2,1-2H3. The van der Waals surface area contributed by atoms with E-state index in [1.54, 1.807) is 12.1 Å². The number of thiazole rings is 1. The summed E-state index contributed by atoms with van der Waals surface area (Å²) in [5, 5.41) is 11.7. The Balaban J connectivity index is 2.00. The van der Waals surface area contributed by atoms with Crippen molar-refractivity contribution in [3.05, 3.63) is 64.0 Å². The van der Waals surface area contributed by atoms with E-state index in [4.69, 9.17) is 0 Å². The number of fused-ring (bicyclic) bond motifs is 1. The highest BCUT2D eigenvalue weighted by molar-refractivity contribution is 7.22. The van der Waals surface area contributed by atoms with Crippen molar-refractivity contribution < 1.29 is 14.1 Å². The second kappa shape index (κ2) is 8.41. The predicted octanol–water partition coefficient (Wildman–Crippen LogP) is 3.94. The minimum atomic E-state index is -0.570. The van der Waals surface area contributed by atoms with Crippen LogP contribution in [-0.2, 0) is 0 Å². The van der Waals surface area contributed by atoms with E-state index in [9.17, 15) is 19.3 Å². The van der Waals surface area contributed by atoms with Gasteiger partial charge in [0.15, 0.2) is 5.13 Å². The fraction of sp³-hybridized carbons (Fsp3) is 0.263. The van der Waals surface area contributed by atoms with Crippen molar-refractivity contribution in [3.63, 3.8) is 0 Å². The number of rotatable bonds is 7. The first-order valence-electron chi connectivity index (χ1n) is 8.63. The average Bonchev–Trinajstić information content (AvgIpc) is 3.07. The number of halogens is 1. The highest BCUT2D eigenvalue weighted by Crippen LogP contribution is 2.31. The monoisotopic (exact) mass is 402 g/mol. The third-order valence-electron chi connectivity index (χ3n) is 4.13. The number of carbonyl (C=O) groups is 1. The fourth-order valence-corrected chi connectivity index (χ4v) is 3.80. The molecular formula is C19H19FN4O3S. The van der Waals surface area contributed by atoms with Crippen LogP contribution >= 0.6 is 11.3 Å². The Morgan fingerprint density at radius 1 is 1.21 bits per heavy atom. The van der Waals surface area contributed by atoms with E-state index < -0.39 is 10.8 Å². The Morgan fingerprint density at radius 2 is 1.96 bits per heavy atom. The molecule has 2 aromatic carbocycles. The second-order valence-corrected chi connectivity index (χ2v) is 7.51.